The Kier molecular flexibility index (Phi) is 4.93. The molecule has 0 aliphatic heterocycles. The van der Waals surface area contributed by atoms with Crippen LogP contribution in [0.4, 0.5) is 0 Å². The number of benzene rings is 1. The van der Waals surface area contributed by atoms with Crippen LogP contribution in [0.3, 0.4) is 0 Å². The highest BCUT2D eigenvalue weighted by molar-refractivity contribution is 5.75. The van der Waals surface area contributed by atoms with Gasteiger partial charge < -0.3 is 14.6 Å². The highest BCUT2D eigenvalue weighted by Crippen LogP contribution is 2.16. The number of fused-ring (bicyclic) bond motifs is 1. The molecular weight excluding hydrogens is 238 g/mol. The highest BCUT2D eigenvalue weighted by atomic mass is 16.5. The van der Waals surface area contributed by atoms with E-state index in [0.717, 1.165) is 30.9 Å². The van der Waals surface area contributed by atoms with E-state index in [1.807, 2.05) is 6.07 Å². The Morgan fingerprint density at radius 1 is 1.37 bits per heavy atom. The lowest BCUT2D eigenvalue weighted by Crippen LogP contribution is -2.26. The largest absolute Gasteiger partial charge is 0.383 e. The van der Waals surface area contributed by atoms with Gasteiger partial charge in [0, 0.05) is 19.7 Å². The van der Waals surface area contributed by atoms with E-state index in [0.29, 0.717) is 12.6 Å². The van der Waals surface area contributed by atoms with E-state index in [2.05, 4.69) is 41.9 Å². The van der Waals surface area contributed by atoms with E-state index in [-0.39, 0.29) is 0 Å². The number of hydrogen-bond acceptors (Lipinski definition) is 3. The number of para-hydroxylation sites is 2. The maximum absolute atomic E-state index is 5.20. The van der Waals surface area contributed by atoms with Gasteiger partial charge in [-0.05, 0) is 25.5 Å². The first-order chi connectivity index (χ1) is 9.26. The predicted molar refractivity (Wildman–Crippen MR) is 78.2 cm³/mol. The van der Waals surface area contributed by atoms with Crippen molar-refractivity contribution in [3.63, 3.8) is 0 Å². The molecule has 4 heteroatoms. The molecule has 1 aromatic carbocycles. The fourth-order valence-electron chi connectivity index (χ4n) is 2.10. The Hall–Kier alpha value is -1.39. The van der Waals surface area contributed by atoms with Gasteiger partial charge in [-0.3, -0.25) is 0 Å². The van der Waals surface area contributed by atoms with Crippen LogP contribution in [0, 0.1) is 0 Å². The summed E-state index contributed by atoms with van der Waals surface area (Å²) in [5.41, 5.74) is 2.24. The van der Waals surface area contributed by atoms with Crippen molar-refractivity contribution in [2.24, 2.45) is 0 Å². The third-order valence-electron chi connectivity index (χ3n) is 3.47. The number of hydrogen-bond donors (Lipinski definition) is 1. The van der Waals surface area contributed by atoms with Gasteiger partial charge in [-0.15, -0.1) is 0 Å². The molecule has 0 aliphatic rings. The lowest BCUT2D eigenvalue weighted by atomic mass is 10.2. The summed E-state index contributed by atoms with van der Waals surface area (Å²) >= 11 is 0. The van der Waals surface area contributed by atoms with Crippen molar-refractivity contribution < 1.29 is 4.74 Å². The van der Waals surface area contributed by atoms with Crippen LogP contribution in [0.25, 0.3) is 11.0 Å². The minimum absolute atomic E-state index is 0.510. The number of methoxy groups -OCH3 is 1. The molecule has 2 aromatic rings. The van der Waals surface area contributed by atoms with Crippen molar-refractivity contribution in [1.29, 1.82) is 0 Å². The van der Waals surface area contributed by atoms with Gasteiger partial charge in [-0.1, -0.05) is 19.1 Å². The molecule has 104 valence electrons. The molecular formula is C15H23N3O. The molecule has 1 aromatic heterocycles. The summed E-state index contributed by atoms with van der Waals surface area (Å²) in [6, 6.07) is 8.77. The molecule has 1 unspecified atom stereocenters. The van der Waals surface area contributed by atoms with E-state index < -0.39 is 0 Å². The zero-order valence-corrected chi connectivity index (χ0v) is 12.0. The lowest BCUT2D eigenvalue weighted by Gasteiger charge is -2.13. The summed E-state index contributed by atoms with van der Waals surface area (Å²) in [7, 11) is 1.73. The van der Waals surface area contributed by atoms with E-state index in [4.69, 9.17) is 9.72 Å². The van der Waals surface area contributed by atoms with Gasteiger partial charge in [-0.2, -0.15) is 0 Å². The SMILES string of the molecule is CCC(C)NCc1nc2ccccc2n1CCOC. The lowest BCUT2D eigenvalue weighted by molar-refractivity contribution is 0.187. The minimum atomic E-state index is 0.510. The Morgan fingerprint density at radius 3 is 2.89 bits per heavy atom. The van der Waals surface area contributed by atoms with Crippen LogP contribution in [0.5, 0.6) is 0 Å². The summed E-state index contributed by atoms with van der Waals surface area (Å²) in [6.45, 7) is 6.73. The molecule has 0 saturated carbocycles. The molecule has 0 bridgehead atoms. The summed E-state index contributed by atoms with van der Waals surface area (Å²) in [5, 5.41) is 3.50. The van der Waals surface area contributed by atoms with Crippen molar-refractivity contribution in [1.82, 2.24) is 14.9 Å². The fourth-order valence-corrected chi connectivity index (χ4v) is 2.10. The first kappa shape index (κ1) is 14.0. The van der Waals surface area contributed by atoms with Crippen LogP contribution in [0.2, 0.25) is 0 Å². The third-order valence-corrected chi connectivity index (χ3v) is 3.47. The van der Waals surface area contributed by atoms with E-state index in [1.165, 1.54) is 5.52 Å². The summed E-state index contributed by atoms with van der Waals surface area (Å²) in [6.07, 6.45) is 1.12. The van der Waals surface area contributed by atoms with E-state index >= 15 is 0 Å². The fraction of sp³-hybridized carbons (Fsp3) is 0.533. The van der Waals surface area contributed by atoms with Gasteiger partial charge in [0.2, 0.25) is 0 Å². The second kappa shape index (κ2) is 6.68. The monoisotopic (exact) mass is 261 g/mol. The minimum Gasteiger partial charge on any atom is -0.383 e. The van der Waals surface area contributed by atoms with Crippen LogP contribution >= 0.6 is 0 Å². The van der Waals surface area contributed by atoms with Crippen LogP contribution in [0.15, 0.2) is 24.3 Å². The number of rotatable bonds is 7. The molecule has 0 spiro atoms. The van der Waals surface area contributed by atoms with Crippen molar-refractivity contribution >= 4 is 11.0 Å². The molecule has 0 radical (unpaired) electrons. The number of nitrogens with zero attached hydrogens (tertiary/aromatic N) is 2. The summed E-state index contributed by atoms with van der Waals surface area (Å²) in [5.74, 6) is 1.08. The van der Waals surface area contributed by atoms with Gasteiger partial charge in [-0.25, -0.2) is 4.98 Å². The Bertz CT molecular complexity index is 521. The predicted octanol–water partition coefficient (Wildman–Crippen LogP) is 2.57. The highest BCUT2D eigenvalue weighted by Gasteiger charge is 2.10. The van der Waals surface area contributed by atoms with Gasteiger partial charge in [0.1, 0.15) is 5.82 Å². The Labute approximate surface area is 114 Å². The Balaban J connectivity index is 2.24. The summed E-state index contributed by atoms with van der Waals surface area (Å²) in [4.78, 5) is 4.72. The third kappa shape index (κ3) is 3.33. The number of ether oxygens (including phenoxy) is 1. The quantitative estimate of drug-likeness (QED) is 0.832. The van der Waals surface area contributed by atoms with Gasteiger partial charge in [0.25, 0.3) is 0 Å². The van der Waals surface area contributed by atoms with Crippen molar-refractivity contribution in [3.05, 3.63) is 30.1 Å². The topological polar surface area (TPSA) is 39.1 Å². The van der Waals surface area contributed by atoms with Crippen molar-refractivity contribution in [2.45, 2.75) is 39.4 Å². The number of imidazole rings is 1. The van der Waals surface area contributed by atoms with Crippen LogP contribution < -0.4 is 5.32 Å². The standard InChI is InChI=1S/C15H23N3O/c1-4-12(2)16-11-15-17-13-7-5-6-8-14(13)18(15)9-10-19-3/h5-8,12,16H,4,9-11H2,1-3H3. The molecule has 2 rings (SSSR count). The van der Waals surface area contributed by atoms with E-state index in [1.54, 1.807) is 7.11 Å². The number of nitrogens with one attached hydrogen (secondary N) is 1. The Morgan fingerprint density at radius 2 is 2.16 bits per heavy atom. The van der Waals surface area contributed by atoms with Crippen molar-refractivity contribution in [3.8, 4) is 0 Å². The first-order valence-corrected chi connectivity index (χ1v) is 6.92. The van der Waals surface area contributed by atoms with Gasteiger partial charge in [0.05, 0.1) is 24.2 Å². The van der Waals surface area contributed by atoms with Crippen molar-refractivity contribution in [2.75, 3.05) is 13.7 Å². The molecule has 1 atom stereocenters. The maximum Gasteiger partial charge on any atom is 0.123 e. The number of aromatic nitrogens is 2. The average Bonchev–Trinajstić information content (AvgIpc) is 2.80. The smallest absolute Gasteiger partial charge is 0.123 e. The molecule has 0 amide bonds. The summed E-state index contributed by atoms with van der Waals surface area (Å²) < 4.78 is 7.44. The molecule has 1 heterocycles. The molecule has 4 nitrogen and oxygen atoms in total. The average molecular weight is 261 g/mol. The zero-order valence-electron chi connectivity index (χ0n) is 12.0. The molecule has 0 saturated heterocycles. The first-order valence-electron chi connectivity index (χ1n) is 6.92. The van der Waals surface area contributed by atoms with Crippen LogP contribution in [-0.4, -0.2) is 29.3 Å². The second-order valence-corrected chi connectivity index (χ2v) is 4.85. The molecule has 0 aliphatic carbocycles. The van der Waals surface area contributed by atoms with Crippen LogP contribution in [0.1, 0.15) is 26.1 Å². The van der Waals surface area contributed by atoms with Gasteiger partial charge in [0.15, 0.2) is 0 Å². The molecule has 19 heavy (non-hydrogen) atoms. The van der Waals surface area contributed by atoms with Gasteiger partial charge >= 0.3 is 0 Å². The normalized spacial score (nSPS) is 13.0. The zero-order chi connectivity index (χ0) is 13.7. The van der Waals surface area contributed by atoms with Crippen LogP contribution in [-0.2, 0) is 17.8 Å². The second-order valence-electron chi connectivity index (χ2n) is 4.85. The van der Waals surface area contributed by atoms with E-state index in [9.17, 15) is 0 Å². The molecule has 1 N–H and O–H groups in total. The molecule has 0 fully saturated rings. The maximum atomic E-state index is 5.20.